The van der Waals surface area contributed by atoms with Gasteiger partial charge < -0.3 is 15.1 Å². The van der Waals surface area contributed by atoms with Crippen molar-refractivity contribution in [2.75, 3.05) is 17.2 Å². The van der Waals surface area contributed by atoms with Gasteiger partial charge in [-0.2, -0.15) is 0 Å². The van der Waals surface area contributed by atoms with Gasteiger partial charge in [0.25, 0.3) is 5.91 Å². The van der Waals surface area contributed by atoms with Crippen molar-refractivity contribution in [3.63, 3.8) is 0 Å². The minimum Gasteiger partial charge on any atom is -0.436 e. The number of hydrogen-bond acceptors (Lipinski definition) is 4. The summed E-state index contributed by atoms with van der Waals surface area (Å²) in [5.41, 5.74) is 3.78. The fourth-order valence-corrected chi connectivity index (χ4v) is 2.48. The molecule has 104 valence electrons. The molecule has 2 N–H and O–H groups in total. The number of aryl methyl sites for hydroxylation is 3. The zero-order valence-electron chi connectivity index (χ0n) is 11.6. The Hall–Kier alpha value is -2.30. The van der Waals surface area contributed by atoms with E-state index in [0.717, 1.165) is 30.8 Å². The molecular weight excluding hydrogens is 254 g/mol. The lowest BCUT2D eigenvalue weighted by Gasteiger charge is -2.18. The van der Waals surface area contributed by atoms with Crippen molar-refractivity contribution in [1.29, 1.82) is 0 Å². The molecular formula is C15H17N3O2. The summed E-state index contributed by atoms with van der Waals surface area (Å²) in [4.78, 5) is 16.3. The Labute approximate surface area is 117 Å². The highest BCUT2D eigenvalue weighted by molar-refractivity contribution is 6.03. The van der Waals surface area contributed by atoms with E-state index in [1.807, 2.05) is 18.2 Å². The minimum atomic E-state index is -0.258. The van der Waals surface area contributed by atoms with Gasteiger partial charge in [0.2, 0.25) is 5.76 Å². The maximum atomic E-state index is 12.2. The molecule has 0 bridgehead atoms. The summed E-state index contributed by atoms with van der Waals surface area (Å²) in [6.45, 7) is 4.51. The zero-order chi connectivity index (χ0) is 14.1. The molecule has 0 atom stereocenters. The predicted molar refractivity (Wildman–Crippen MR) is 77.2 cm³/mol. The first-order valence-electron chi connectivity index (χ1n) is 6.75. The number of hydrogen-bond donors (Lipinski definition) is 2. The number of nitrogens with one attached hydrogen (secondary N) is 2. The fraction of sp³-hybridized carbons (Fsp3) is 0.333. The van der Waals surface area contributed by atoms with Crippen molar-refractivity contribution >= 4 is 17.3 Å². The largest absolute Gasteiger partial charge is 0.436 e. The highest BCUT2D eigenvalue weighted by Crippen LogP contribution is 2.25. The van der Waals surface area contributed by atoms with Crippen LogP contribution in [-0.4, -0.2) is 17.4 Å². The molecule has 2 aromatic rings. The van der Waals surface area contributed by atoms with Crippen molar-refractivity contribution in [3.05, 3.63) is 41.1 Å². The molecule has 0 unspecified atom stereocenters. The Bertz CT molecular complexity index is 661. The molecule has 0 saturated carbocycles. The third-order valence-corrected chi connectivity index (χ3v) is 3.41. The number of rotatable bonds is 2. The molecule has 1 aromatic carbocycles. The number of nitrogens with zero attached hydrogens (tertiary/aromatic N) is 1. The second-order valence-corrected chi connectivity index (χ2v) is 5.00. The van der Waals surface area contributed by atoms with Gasteiger partial charge in [-0.15, -0.1) is 0 Å². The summed E-state index contributed by atoms with van der Waals surface area (Å²) < 4.78 is 5.33. The highest BCUT2D eigenvalue weighted by Gasteiger charge is 2.17. The number of anilines is 2. The summed E-state index contributed by atoms with van der Waals surface area (Å²) in [6.07, 6.45) is 2.15. The molecule has 0 fully saturated rings. The lowest BCUT2D eigenvalue weighted by molar-refractivity contribution is 0.0994. The maximum Gasteiger partial charge on any atom is 0.293 e. The van der Waals surface area contributed by atoms with E-state index in [1.54, 1.807) is 13.8 Å². The number of carbonyl (C=O) groups is 1. The molecule has 0 aliphatic carbocycles. The fourth-order valence-electron chi connectivity index (χ4n) is 2.48. The van der Waals surface area contributed by atoms with Gasteiger partial charge in [0.1, 0.15) is 0 Å². The molecule has 1 aliphatic rings. The van der Waals surface area contributed by atoms with E-state index >= 15 is 0 Å². The van der Waals surface area contributed by atoms with Crippen LogP contribution in [0.1, 0.15) is 34.1 Å². The summed E-state index contributed by atoms with van der Waals surface area (Å²) in [6, 6.07) is 5.91. The van der Waals surface area contributed by atoms with Gasteiger partial charge in [-0.1, -0.05) is 0 Å². The third-order valence-electron chi connectivity index (χ3n) is 3.41. The van der Waals surface area contributed by atoms with Crippen molar-refractivity contribution in [1.82, 2.24) is 4.98 Å². The number of aromatic nitrogens is 1. The molecule has 2 heterocycles. The first-order valence-corrected chi connectivity index (χ1v) is 6.75. The minimum absolute atomic E-state index is 0.258. The Morgan fingerprint density at radius 1 is 1.40 bits per heavy atom. The molecule has 0 saturated heterocycles. The molecule has 20 heavy (non-hydrogen) atoms. The van der Waals surface area contributed by atoms with Crippen LogP contribution in [0.3, 0.4) is 0 Å². The summed E-state index contributed by atoms with van der Waals surface area (Å²) >= 11 is 0. The van der Waals surface area contributed by atoms with E-state index in [0.29, 0.717) is 11.6 Å². The van der Waals surface area contributed by atoms with Crippen LogP contribution in [0.4, 0.5) is 11.4 Å². The summed E-state index contributed by atoms with van der Waals surface area (Å²) in [7, 11) is 0. The van der Waals surface area contributed by atoms with Crippen LogP contribution in [-0.2, 0) is 6.42 Å². The SMILES string of the molecule is Cc1nc(C)c(C(=O)Nc2ccc3c(c2)CCCN3)o1. The van der Waals surface area contributed by atoms with Crippen molar-refractivity contribution < 1.29 is 9.21 Å². The summed E-state index contributed by atoms with van der Waals surface area (Å²) in [5, 5.41) is 6.21. The average molecular weight is 271 g/mol. The smallest absolute Gasteiger partial charge is 0.293 e. The van der Waals surface area contributed by atoms with Crippen LogP contribution in [0.25, 0.3) is 0 Å². The van der Waals surface area contributed by atoms with Gasteiger partial charge >= 0.3 is 0 Å². The third kappa shape index (κ3) is 2.39. The molecule has 1 aliphatic heterocycles. The number of fused-ring (bicyclic) bond motifs is 1. The van der Waals surface area contributed by atoms with Gasteiger partial charge in [-0.05, 0) is 43.5 Å². The molecule has 5 nitrogen and oxygen atoms in total. The molecule has 5 heteroatoms. The van der Waals surface area contributed by atoms with E-state index in [-0.39, 0.29) is 11.7 Å². The van der Waals surface area contributed by atoms with Crippen LogP contribution < -0.4 is 10.6 Å². The van der Waals surface area contributed by atoms with Crippen LogP contribution in [0, 0.1) is 13.8 Å². The number of oxazole rings is 1. The van der Waals surface area contributed by atoms with E-state index < -0.39 is 0 Å². The van der Waals surface area contributed by atoms with Gasteiger partial charge in [0, 0.05) is 24.8 Å². The van der Waals surface area contributed by atoms with Gasteiger partial charge in [-0.25, -0.2) is 4.98 Å². The van der Waals surface area contributed by atoms with Gasteiger partial charge in [0.15, 0.2) is 5.89 Å². The molecule has 0 radical (unpaired) electrons. The second kappa shape index (κ2) is 5.00. The number of benzene rings is 1. The lowest BCUT2D eigenvalue weighted by atomic mass is 10.0. The van der Waals surface area contributed by atoms with Gasteiger partial charge in [-0.3, -0.25) is 4.79 Å². The van der Waals surface area contributed by atoms with Crippen molar-refractivity contribution in [3.8, 4) is 0 Å². The van der Waals surface area contributed by atoms with Crippen molar-refractivity contribution in [2.45, 2.75) is 26.7 Å². The quantitative estimate of drug-likeness (QED) is 0.881. The highest BCUT2D eigenvalue weighted by atomic mass is 16.4. The lowest BCUT2D eigenvalue weighted by Crippen LogP contribution is -2.15. The molecule has 3 rings (SSSR count). The second-order valence-electron chi connectivity index (χ2n) is 5.00. The van der Waals surface area contributed by atoms with Gasteiger partial charge in [0.05, 0.1) is 5.69 Å². The normalized spacial score (nSPS) is 13.5. The first-order chi connectivity index (χ1) is 9.63. The Morgan fingerprint density at radius 3 is 3.00 bits per heavy atom. The average Bonchev–Trinajstić information content (AvgIpc) is 2.78. The van der Waals surface area contributed by atoms with Crippen LogP contribution in [0.15, 0.2) is 22.6 Å². The summed E-state index contributed by atoms with van der Waals surface area (Å²) in [5.74, 6) is 0.521. The van der Waals surface area contributed by atoms with Crippen LogP contribution in [0.5, 0.6) is 0 Å². The van der Waals surface area contributed by atoms with Crippen molar-refractivity contribution in [2.24, 2.45) is 0 Å². The van der Waals surface area contributed by atoms with E-state index in [9.17, 15) is 4.79 Å². The number of carbonyl (C=O) groups excluding carboxylic acids is 1. The maximum absolute atomic E-state index is 12.2. The van der Waals surface area contributed by atoms with E-state index in [2.05, 4.69) is 15.6 Å². The zero-order valence-corrected chi connectivity index (χ0v) is 11.6. The molecule has 0 spiro atoms. The monoisotopic (exact) mass is 271 g/mol. The number of amides is 1. The van der Waals surface area contributed by atoms with Crippen LogP contribution in [0.2, 0.25) is 0 Å². The van der Waals surface area contributed by atoms with E-state index in [4.69, 9.17) is 4.42 Å². The topological polar surface area (TPSA) is 67.2 Å². The Morgan fingerprint density at radius 2 is 2.25 bits per heavy atom. The Balaban J connectivity index is 1.81. The standard InChI is InChI=1S/C15H17N3O2/c1-9-14(20-10(2)17-9)15(19)18-12-5-6-13-11(8-12)4-3-7-16-13/h5-6,8,16H,3-4,7H2,1-2H3,(H,18,19). The molecule has 1 aromatic heterocycles. The first kappa shape index (κ1) is 12.7. The predicted octanol–water partition coefficient (Wildman–Crippen LogP) is 2.90. The van der Waals surface area contributed by atoms with E-state index in [1.165, 1.54) is 5.56 Å². The van der Waals surface area contributed by atoms with Crippen LogP contribution >= 0.6 is 0 Å². The Kier molecular flexibility index (Phi) is 3.18. The molecule has 1 amide bonds.